The standard InChI is InChI=1S/C60H40N2O/c1-2-18-41(19-3-1)47-23-6-11-31-55(47)61(45-21-16-20-43(40-45)48-29-17-30-54-53-28-10-15-35-59(53)63-60(48)54)44-38-36-42(37-39-44)46-22-4-5-24-49(46)50-25-7-12-32-56(50)62-57-33-13-8-26-51(57)52-27-9-14-34-58(52)62/h1-40H. The van der Waals surface area contributed by atoms with Crippen LogP contribution in [0.3, 0.4) is 0 Å². The molecule has 12 rings (SSSR count). The monoisotopic (exact) mass is 804 g/mol. The van der Waals surface area contributed by atoms with Gasteiger partial charge >= 0.3 is 0 Å². The largest absolute Gasteiger partial charge is 0.455 e. The third-order valence-corrected chi connectivity index (χ3v) is 12.4. The van der Waals surface area contributed by atoms with Gasteiger partial charge in [-0.25, -0.2) is 0 Å². The van der Waals surface area contributed by atoms with Crippen LogP contribution < -0.4 is 4.90 Å². The van der Waals surface area contributed by atoms with Crippen molar-refractivity contribution in [1.29, 1.82) is 0 Å². The van der Waals surface area contributed by atoms with E-state index in [1.165, 1.54) is 38.5 Å². The molecule has 0 amide bonds. The van der Waals surface area contributed by atoms with Crippen molar-refractivity contribution in [3.63, 3.8) is 0 Å². The number of benzene rings is 10. The summed E-state index contributed by atoms with van der Waals surface area (Å²) in [6, 6.07) is 87.0. The molecular formula is C60H40N2O. The van der Waals surface area contributed by atoms with Gasteiger partial charge in [0, 0.05) is 49.6 Å². The molecule has 0 aliphatic heterocycles. The van der Waals surface area contributed by atoms with Gasteiger partial charge in [0.2, 0.25) is 0 Å². The Kier molecular flexibility index (Phi) is 8.83. The third-order valence-electron chi connectivity index (χ3n) is 12.4. The highest BCUT2D eigenvalue weighted by Crippen LogP contribution is 2.45. The van der Waals surface area contributed by atoms with Crippen molar-refractivity contribution >= 4 is 60.8 Å². The van der Waals surface area contributed by atoms with Gasteiger partial charge in [0.1, 0.15) is 11.2 Å². The van der Waals surface area contributed by atoms with E-state index in [4.69, 9.17) is 4.42 Å². The lowest BCUT2D eigenvalue weighted by molar-refractivity contribution is 0.670. The van der Waals surface area contributed by atoms with E-state index >= 15 is 0 Å². The van der Waals surface area contributed by atoms with Crippen molar-refractivity contribution in [2.45, 2.75) is 0 Å². The Morgan fingerprint density at radius 2 is 0.857 bits per heavy atom. The van der Waals surface area contributed by atoms with E-state index in [9.17, 15) is 0 Å². The second-order valence-electron chi connectivity index (χ2n) is 16.0. The van der Waals surface area contributed by atoms with Gasteiger partial charge in [-0.3, -0.25) is 0 Å². The number of anilines is 3. The molecule has 2 aromatic heterocycles. The van der Waals surface area contributed by atoms with Crippen molar-refractivity contribution < 1.29 is 4.42 Å². The van der Waals surface area contributed by atoms with E-state index in [1.807, 2.05) is 12.1 Å². The van der Waals surface area contributed by atoms with Gasteiger partial charge in [-0.1, -0.05) is 188 Å². The Labute approximate surface area is 366 Å². The molecule has 0 saturated heterocycles. The van der Waals surface area contributed by atoms with Crippen LogP contribution in [0.5, 0.6) is 0 Å². The van der Waals surface area contributed by atoms with Crippen molar-refractivity contribution in [2.75, 3.05) is 4.90 Å². The van der Waals surface area contributed by atoms with Crippen LogP contribution in [0.2, 0.25) is 0 Å². The molecule has 0 bridgehead atoms. The molecule has 0 unspecified atom stereocenters. The zero-order valence-electron chi connectivity index (χ0n) is 34.4. The summed E-state index contributed by atoms with van der Waals surface area (Å²) in [4.78, 5) is 2.39. The number of fused-ring (bicyclic) bond motifs is 6. The van der Waals surface area contributed by atoms with Gasteiger partial charge in [-0.2, -0.15) is 0 Å². The summed E-state index contributed by atoms with van der Waals surface area (Å²) >= 11 is 0. The van der Waals surface area contributed by atoms with Crippen LogP contribution >= 0.6 is 0 Å². The molecule has 0 fully saturated rings. The molecule has 63 heavy (non-hydrogen) atoms. The smallest absolute Gasteiger partial charge is 0.143 e. The molecule has 2 heterocycles. The zero-order valence-corrected chi connectivity index (χ0v) is 34.4. The topological polar surface area (TPSA) is 21.3 Å². The van der Waals surface area contributed by atoms with Gasteiger partial charge < -0.3 is 13.9 Å². The lowest BCUT2D eigenvalue weighted by atomic mass is 9.93. The van der Waals surface area contributed by atoms with Gasteiger partial charge in [-0.15, -0.1) is 0 Å². The molecule has 10 aromatic carbocycles. The summed E-state index contributed by atoms with van der Waals surface area (Å²) < 4.78 is 8.95. The van der Waals surface area contributed by atoms with Gasteiger partial charge in [-0.05, 0) is 82.4 Å². The first kappa shape index (κ1) is 36.5. The fourth-order valence-corrected chi connectivity index (χ4v) is 9.58. The van der Waals surface area contributed by atoms with E-state index in [2.05, 4.69) is 240 Å². The maximum Gasteiger partial charge on any atom is 0.143 e. The SMILES string of the molecule is c1ccc(-c2ccccc2N(c2ccc(-c3ccccc3-c3ccccc3-n3c4ccccc4c4ccccc43)cc2)c2cccc(-c3cccc4c3oc3ccccc34)c2)cc1. The summed E-state index contributed by atoms with van der Waals surface area (Å²) in [6.45, 7) is 0. The highest BCUT2D eigenvalue weighted by Gasteiger charge is 2.21. The first-order valence-corrected chi connectivity index (χ1v) is 21.5. The number of furan rings is 1. The number of hydrogen-bond donors (Lipinski definition) is 0. The minimum absolute atomic E-state index is 0.895. The molecule has 0 saturated carbocycles. The summed E-state index contributed by atoms with van der Waals surface area (Å²) in [6.07, 6.45) is 0. The van der Waals surface area contributed by atoms with E-state index in [0.29, 0.717) is 0 Å². The molecule has 0 spiro atoms. The predicted octanol–water partition coefficient (Wildman–Crippen LogP) is 16.8. The molecule has 3 heteroatoms. The van der Waals surface area contributed by atoms with Gasteiger partial charge in [0.15, 0.2) is 0 Å². The Balaban J connectivity index is 0.995. The summed E-state index contributed by atoms with van der Waals surface area (Å²) in [5.74, 6) is 0. The van der Waals surface area contributed by atoms with E-state index in [-0.39, 0.29) is 0 Å². The summed E-state index contributed by atoms with van der Waals surface area (Å²) in [5.41, 5.74) is 17.7. The fraction of sp³-hybridized carbons (Fsp3) is 0. The predicted molar refractivity (Wildman–Crippen MR) is 264 cm³/mol. The van der Waals surface area contributed by atoms with Crippen LogP contribution in [0.1, 0.15) is 0 Å². The summed E-state index contributed by atoms with van der Waals surface area (Å²) in [7, 11) is 0. The number of hydrogen-bond acceptors (Lipinski definition) is 2. The molecular weight excluding hydrogens is 765 g/mol. The Bertz CT molecular complexity index is 3580. The van der Waals surface area contributed by atoms with Gasteiger partial charge in [0.25, 0.3) is 0 Å². The Morgan fingerprint density at radius 3 is 1.63 bits per heavy atom. The maximum atomic E-state index is 6.53. The van der Waals surface area contributed by atoms with Crippen LogP contribution in [-0.4, -0.2) is 4.57 Å². The van der Waals surface area contributed by atoms with Crippen LogP contribution in [0.25, 0.3) is 93.9 Å². The molecule has 0 atom stereocenters. The van der Waals surface area contributed by atoms with E-state index in [0.717, 1.165) is 72.5 Å². The second kappa shape index (κ2) is 15.3. The maximum absolute atomic E-state index is 6.53. The van der Waals surface area contributed by atoms with Crippen molar-refractivity contribution in [3.05, 3.63) is 243 Å². The van der Waals surface area contributed by atoms with E-state index < -0.39 is 0 Å². The third kappa shape index (κ3) is 6.21. The van der Waals surface area contributed by atoms with E-state index in [1.54, 1.807) is 0 Å². The lowest BCUT2D eigenvalue weighted by Gasteiger charge is -2.28. The average Bonchev–Trinajstić information content (AvgIpc) is 3.91. The van der Waals surface area contributed by atoms with Crippen molar-refractivity contribution in [3.8, 4) is 50.2 Å². The number of nitrogens with zero attached hydrogens (tertiary/aromatic N) is 2. The molecule has 3 nitrogen and oxygen atoms in total. The zero-order chi connectivity index (χ0) is 41.7. The molecule has 0 N–H and O–H groups in total. The summed E-state index contributed by atoms with van der Waals surface area (Å²) in [5, 5.41) is 4.75. The Morgan fingerprint density at radius 1 is 0.317 bits per heavy atom. The van der Waals surface area contributed by atoms with Gasteiger partial charge in [0.05, 0.1) is 22.4 Å². The van der Waals surface area contributed by atoms with Crippen LogP contribution in [0.15, 0.2) is 247 Å². The van der Waals surface area contributed by atoms with Crippen LogP contribution in [0, 0.1) is 0 Å². The molecule has 296 valence electrons. The lowest BCUT2D eigenvalue weighted by Crippen LogP contribution is -2.11. The Hall–Kier alpha value is -8.40. The second-order valence-corrected chi connectivity index (χ2v) is 16.0. The molecule has 0 radical (unpaired) electrons. The van der Waals surface area contributed by atoms with Crippen molar-refractivity contribution in [2.24, 2.45) is 0 Å². The quantitative estimate of drug-likeness (QED) is 0.153. The molecule has 0 aliphatic rings. The normalized spacial score (nSPS) is 11.5. The van der Waals surface area contributed by atoms with Crippen molar-refractivity contribution in [1.82, 2.24) is 4.57 Å². The average molecular weight is 805 g/mol. The van der Waals surface area contributed by atoms with Crippen LogP contribution in [-0.2, 0) is 0 Å². The molecule has 0 aliphatic carbocycles. The fourth-order valence-electron chi connectivity index (χ4n) is 9.58. The van der Waals surface area contributed by atoms with Crippen LogP contribution in [0.4, 0.5) is 17.1 Å². The number of para-hydroxylation sites is 6. The minimum atomic E-state index is 0.895. The highest BCUT2D eigenvalue weighted by molar-refractivity contribution is 6.11. The first-order chi connectivity index (χ1) is 31.3. The number of rotatable bonds is 8. The first-order valence-electron chi connectivity index (χ1n) is 21.5. The minimum Gasteiger partial charge on any atom is -0.455 e. The molecule has 12 aromatic rings. The highest BCUT2D eigenvalue weighted by atomic mass is 16.3. The number of aromatic nitrogens is 1.